The number of nitrogens with two attached hydrogens (primary N) is 1. The van der Waals surface area contributed by atoms with E-state index < -0.39 is 0 Å². The SMILES string of the molecule is CCc1nn(C2CCCCO2)c(C(N)=S)c1O. The highest BCUT2D eigenvalue weighted by Crippen LogP contribution is 2.29. The molecule has 0 amide bonds. The Bertz CT molecular complexity index is 425. The first-order valence-corrected chi connectivity index (χ1v) is 6.27. The third-order valence-corrected chi connectivity index (χ3v) is 3.15. The Kier molecular flexibility index (Phi) is 3.63. The lowest BCUT2D eigenvalue weighted by Crippen LogP contribution is -2.25. The molecule has 1 unspecified atom stereocenters. The van der Waals surface area contributed by atoms with Crippen molar-refractivity contribution in [2.24, 2.45) is 5.73 Å². The highest BCUT2D eigenvalue weighted by molar-refractivity contribution is 7.80. The summed E-state index contributed by atoms with van der Waals surface area (Å²) in [6, 6.07) is 0. The Morgan fingerprint density at radius 1 is 1.65 bits per heavy atom. The van der Waals surface area contributed by atoms with Gasteiger partial charge in [-0.2, -0.15) is 5.10 Å². The molecule has 0 aromatic carbocycles. The summed E-state index contributed by atoms with van der Waals surface area (Å²) in [5.74, 6) is 0.0918. The van der Waals surface area contributed by atoms with Crippen LogP contribution in [0, 0.1) is 0 Å². The van der Waals surface area contributed by atoms with Crippen LogP contribution < -0.4 is 5.73 Å². The van der Waals surface area contributed by atoms with E-state index in [-0.39, 0.29) is 17.0 Å². The van der Waals surface area contributed by atoms with E-state index in [4.69, 9.17) is 22.7 Å². The van der Waals surface area contributed by atoms with Crippen LogP contribution in [0.4, 0.5) is 0 Å². The van der Waals surface area contributed by atoms with Crippen molar-refractivity contribution in [1.82, 2.24) is 9.78 Å². The average Bonchev–Trinajstić information content (AvgIpc) is 2.67. The second kappa shape index (κ2) is 5.01. The fourth-order valence-corrected chi connectivity index (χ4v) is 2.26. The number of nitrogens with zero attached hydrogens (tertiary/aromatic N) is 2. The number of aryl methyl sites for hydroxylation is 1. The van der Waals surface area contributed by atoms with Gasteiger partial charge in [0.1, 0.15) is 16.4 Å². The summed E-state index contributed by atoms with van der Waals surface area (Å²) in [4.78, 5) is 0.156. The molecule has 0 radical (unpaired) electrons. The van der Waals surface area contributed by atoms with Crippen LogP contribution in [0.2, 0.25) is 0 Å². The summed E-state index contributed by atoms with van der Waals surface area (Å²) in [5, 5.41) is 14.4. The van der Waals surface area contributed by atoms with Gasteiger partial charge in [-0.05, 0) is 25.7 Å². The van der Waals surface area contributed by atoms with Crippen molar-refractivity contribution in [1.29, 1.82) is 0 Å². The smallest absolute Gasteiger partial charge is 0.167 e. The molecular formula is C11H17N3O2S. The van der Waals surface area contributed by atoms with Gasteiger partial charge in [-0.25, -0.2) is 4.68 Å². The number of aromatic nitrogens is 2. The van der Waals surface area contributed by atoms with E-state index >= 15 is 0 Å². The lowest BCUT2D eigenvalue weighted by molar-refractivity contribution is -0.0400. The van der Waals surface area contributed by atoms with Gasteiger partial charge in [0.2, 0.25) is 0 Å². The second-order valence-electron chi connectivity index (χ2n) is 4.13. The van der Waals surface area contributed by atoms with Crippen LogP contribution >= 0.6 is 12.2 Å². The molecule has 0 bridgehead atoms. The lowest BCUT2D eigenvalue weighted by Gasteiger charge is -2.24. The minimum Gasteiger partial charge on any atom is -0.504 e. The van der Waals surface area contributed by atoms with Crippen LogP contribution in [0.5, 0.6) is 5.75 Å². The first-order chi connectivity index (χ1) is 8.15. The molecule has 1 aromatic heterocycles. The summed E-state index contributed by atoms with van der Waals surface area (Å²) in [6.07, 6.45) is 3.50. The highest BCUT2D eigenvalue weighted by Gasteiger charge is 2.25. The fourth-order valence-electron chi connectivity index (χ4n) is 2.07. The van der Waals surface area contributed by atoms with Crippen molar-refractivity contribution >= 4 is 17.2 Å². The maximum Gasteiger partial charge on any atom is 0.167 e. The van der Waals surface area contributed by atoms with Crippen LogP contribution in [0.25, 0.3) is 0 Å². The molecule has 2 heterocycles. The molecule has 94 valence electrons. The van der Waals surface area contributed by atoms with Crippen LogP contribution in [0.1, 0.15) is 43.8 Å². The van der Waals surface area contributed by atoms with Crippen LogP contribution in [-0.2, 0) is 11.2 Å². The summed E-state index contributed by atoms with van der Waals surface area (Å²) >= 11 is 4.97. The van der Waals surface area contributed by atoms with Gasteiger partial charge in [0.25, 0.3) is 0 Å². The summed E-state index contributed by atoms with van der Waals surface area (Å²) in [7, 11) is 0. The molecular weight excluding hydrogens is 238 g/mol. The Hall–Kier alpha value is -1.14. The Morgan fingerprint density at radius 2 is 2.41 bits per heavy atom. The fraction of sp³-hybridized carbons (Fsp3) is 0.636. The summed E-state index contributed by atoms with van der Waals surface area (Å²) in [5.41, 5.74) is 6.68. The number of hydrogen-bond donors (Lipinski definition) is 2. The zero-order chi connectivity index (χ0) is 12.4. The van der Waals surface area contributed by atoms with E-state index in [0.29, 0.717) is 24.4 Å². The van der Waals surface area contributed by atoms with E-state index in [1.54, 1.807) is 4.68 Å². The van der Waals surface area contributed by atoms with Crippen molar-refractivity contribution < 1.29 is 9.84 Å². The zero-order valence-electron chi connectivity index (χ0n) is 9.85. The maximum atomic E-state index is 10.0. The van der Waals surface area contributed by atoms with Crippen LogP contribution in [0.3, 0.4) is 0 Å². The molecule has 17 heavy (non-hydrogen) atoms. The Labute approximate surface area is 106 Å². The third kappa shape index (κ3) is 2.28. The molecule has 1 aliphatic heterocycles. The largest absolute Gasteiger partial charge is 0.504 e. The van der Waals surface area contributed by atoms with E-state index in [0.717, 1.165) is 19.3 Å². The standard InChI is InChI=1S/C11H17N3O2S/c1-2-7-10(15)9(11(12)17)14(13-7)8-5-3-4-6-16-8/h8,15H,2-6H2,1H3,(H2,12,17). The Balaban J connectivity index is 2.40. The predicted octanol–water partition coefficient (Wildman–Crippen LogP) is 1.48. The van der Waals surface area contributed by atoms with E-state index in [2.05, 4.69) is 5.10 Å². The molecule has 2 rings (SSSR count). The molecule has 5 nitrogen and oxygen atoms in total. The zero-order valence-corrected chi connectivity index (χ0v) is 10.7. The van der Waals surface area contributed by atoms with Gasteiger partial charge >= 0.3 is 0 Å². The minimum atomic E-state index is -0.161. The molecule has 0 saturated carbocycles. The van der Waals surface area contributed by atoms with E-state index in [9.17, 15) is 5.11 Å². The molecule has 1 atom stereocenters. The monoisotopic (exact) mass is 255 g/mol. The first-order valence-electron chi connectivity index (χ1n) is 5.87. The van der Waals surface area contributed by atoms with Crippen LogP contribution in [0.15, 0.2) is 0 Å². The highest BCUT2D eigenvalue weighted by atomic mass is 32.1. The number of thiocarbonyl (C=S) groups is 1. The van der Waals surface area contributed by atoms with Gasteiger partial charge in [0, 0.05) is 6.61 Å². The Morgan fingerprint density at radius 3 is 2.94 bits per heavy atom. The van der Waals surface area contributed by atoms with Gasteiger partial charge in [-0.15, -0.1) is 0 Å². The van der Waals surface area contributed by atoms with Crippen LogP contribution in [-0.4, -0.2) is 26.5 Å². The van der Waals surface area contributed by atoms with Crippen molar-refractivity contribution in [2.75, 3.05) is 6.61 Å². The molecule has 1 aliphatic rings. The number of aromatic hydroxyl groups is 1. The molecule has 1 saturated heterocycles. The van der Waals surface area contributed by atoms with Crippen molar-refractivity contribution in [3.63, 3.8) is 0 Å². The normalized spacial score (nSPS) is 20.4. The third-order valence-electron chi connectivity index (χ3n) is 2.95. The number of hydrogen-bond acceptors (Lipinski definition) is 4. The van der Waals surface area contributed by atoms with Gasteiger partial charge in [-0.1, -0.05) is 19.1 Å². The molecule has 3 N–H and O–H groups in total. The molecule has 1 aromatic rings. The quantitative estimate of drug-likeness (QED) is 0.800. The van der Waals surface area contributed by atoms with Crippen molar-refractivity contribution in [2.45, 2.75) is 38.8 Å². The minimum absolute atomic E-state index is 0.0918. The van der Waals surface area contributed by atoms with Crippen molar-refractivity contribution in [3.05, 3.63) is 11.4 Å². The topological polar surface area (TPSA) is 73.3 Å². The molecule has 0 spiro atoms. The van der Waals surface area contributed by atoms with Crippen molar-refractivity contribution in [3.8, 4) is 5.75 Å². The number of rotatable bonds is 3. The average molecular weight is 255 g/mol. The maximum absolute atomic E-state index is 10.0. The predicted molar refractivity (Wildman–Crippen MR) is 68.0 cm³/mol. The first kappa shape index (κ1) is 12.3. The van der Waals surface area contributed by atoms with E-state index in [1.807, 2.05) is 6.92 Å². The van der Waals surface area contributed by atoms with Gasteiger partial charge in [0.15, 0.2) is 12.0 Å². The molecule has 6 heteroatoms. The summed E-state index contributed by atoms with van der Waals surface area (Å²) in [6.45, 7) is 2.64. The van der Waals surface area contributed by atoms with E-state index in [1.165, 1.54) is 0 Å². The van der Waals surface area contributed by atoms with Gasteiger partial charge < -0.3 is 15.6 Å². The van der Waals surface area contributed by atoms with Gasteiger partial charge in [0.05, 0.1) is 0 Å². The van der Waals surface area contributed by atoms with Gasteiger partial charge in [-0.3, -0.25) is 0 Å². The lowest BCUT2D eigenvalue weighted by atomic mass is 10.2. The summed E-state index contributed by atoms with van der Waals surface area (Å²) < 4.78 is 7.28. The number of ether oxygens (including phenoxy) is 1. The second-order valence-corrected chi connectivity index (χ2v) is 4.57. The molecule has 1 fully saturated rings. The molecule has 0 aliphatic carbocycles.